The molecular weight excluding hydrogens is 251 g/mol. The summed E-state index contributed by atoms with van der Waals surface area (Å²) in [5.41, 5.74) is 5.75. The molecular formula is C12H9FN4O2. The predicted octanol–water partition coefficient (Wildman–Crippen LogP) is 1.87. The summed E-state index contributed by atoms with van der Waals surface area (Å²) in [5.74, 6) is -0.658. The number of nitrogen functional groups attached to an aromatic ring is 1. The van der Waals surface area contributed by atoms with Gasteiger partial charge in [0.15, 0.2) is 11.5 Å². The summed E-state index contributed by atoms with van der Waals surface area (Å²) in [6, 6.07) is 6.42. The van der Waals surface area contributed by atoms with Gasteiger partial charge < -0.3 is 15.2 Å². The van der Waals surface area contributed by atoms with Crippen LogP contribution < -0.4 is 15.2 Å². The van der Waals surface area contributed by atoms with Crippen LogP contribution in [0.15, 0.2) is 24.4 Å². The molecule has 0 unspecified atom stereocenters. The second kappa shape index (κ2) is 5.18. The molecule has 1 aromatic heterocycles. The quantitative estimate of drug-likeness (QED) is 0.905. The molecule has 6 nitrogen and oxygen atoms in total. The molecule has 7 heteroatoms. The standard InChI is InChI=1S/C12H9FN4O2/c1-18-10-4-7(5-14)2-3-9(10)19-11-8(13)6-16-12(15)17-11/h2-4,6H,1H3,(H2,15,16,17). The molecule has 0 amide bonds. The molecule has 0 spiro atoms. The molecule has 0 aliphatic rings. The monoisotopic (exact) mass is 260 g/mol. The number of ether oxygens (including phenoxy) is 2. The van der Waals surface area contributed by atoms with Crippen LogP contribution in [0.4, 0.5) is 10.3 Å². The van der Waals surface area contributed by atoms with Crippen molar-refractivity contribution in [3.05, 3.63) is 35.8 Å². The van der Waals surface area contributed by atoms with E-state index in [1.54, 1.807) is 0 Å². The number of halogens is 1. The number of rotatable bonds is 3. The second-order valence-corrected chi connectivity index (χ2v) is 3.46. The van der Waals surface area contributed by atoms with Crippen molar-refractivity contribution in [3.8, 4) is 23.4 Å². The topological polar surface area (TPSA) is 94.0 Å². The molecule has 1 heterocycles. The Bertz CT molecular complexity index is 655. The minimum absolute atomic E-state index is 0.107. The molecule has 0 aliphatic heterocycles. The fourth-order valence-corrected chi connectivity index (χ4v) is 1.36. The van der Waals surface area contributed by atoms with Gasteiger partial charge in [-0.15, -0.1) is 0 Å². The van der Waals surface area contributed by atoms with Crippen LogP contribution in [0.5, 0.6) is 17.4 Å². The van der Waals surface area contributed by atoms with Gasteiger partial charge in [0.2, 0.25) is 11.8 Å². The Morgan fingerprint density at radius 1 is 1.37 bits per heavy atom. The van der Waals surface area contributed by atoms with Crippen molar-refractivity contribution in [2.24, 2.45) is 0 Å². The zero-order valence-corrected chi connectivity index (χ0v) is 9.92. The lowest BCUT2D eigenvalue weighted by Gasteiger charge is -2.10. The summed E-state index contributed by atoms with van der Waals surface area (Å²) in [7, 11) is 1.41. The van der Waals surface area contributed by atoms with E-state index in [9.17, 15) is 4.39 Å². The lowest BCUT2D eigenvalue weighted by atomic mass is 10.2. The van der Waals surface area contributed by atoms with E-state index >= 15 is 0 Å². The Labute approximate surface area is 108 Å². The van der Waals surface area contributed by atoms with E-state index in [1.807, 2.05) is 6.07 Å². The van der Waals surface area contributed by atoms with Gasteiger partial charge in [-0.1, -0.05) is 0 Å². The van der Waals surface area contributed by atoms with Gasteiger partial charge in [0.25, 0.3) is 5.88 Å². The van der Waals surface area contributed by atoms with Crippen LogP contribution in [0, 0.1) is 17.1 Å². The molecule has 0 saturated heterocycles. The van der Waals surface area contributed by atoms with Crippen LogP contribution in [-0.4, -0.2) is 17.1 Å². The molecule has 1 aromatic carbocycles. The van der Waals surface area contributed by atoms with Crippen LogP contribution in [0.3, 0.4) is 0 Å². The van der Waals surface area contributed by atoms with Gasteiger partial charge in [0.05, 0.1) is 24.9 Å². The molecule has 19 heavy (non-hydrogen) atoms. The first-order valence-electron chi connectivity index (χ1n) is 5.18. The Balaban J connectivity index is 2.38. The number of methoxy groups -OCH3 is 1. The highest BCUT2D eigenvalue weighted by atomic mass is 19.1. The van der Waals surface area contributed by atoms with Gasteiger partial charge in [0.1, 0.15) is 0 Å². The molecule has 0 fully saturated rings. The summed E-state index contributed by atoms with van der Waals surface area (Å²) in [6.07, 6.45) is 0.911. The summed E-state index contributed by atoms with van der Waals surface area (Å²) < 4.78 is 23.8. The predicted molar refractivity (Wildman–Crippen MR) is 64.2 cm³/mol. The Kier molecular flexibility index (Phi) is 3.43. The maximum atomic E-state index is 13.4. The second-order valence-electron chi connectivity index (χ2n) is 3.46. The highest BCUT2D eigenvalue weighted by Crippen LogP contribution is 2.32. The van der Waals surface area contributed by atoms with Crippen molar-refractivity contribution in [1.29, 1.82) is 5.26 Å². The molecule has 0 aliphatic carbocycles. The maximum absolute atomic E-state index is 13.4. The fraction of sp³-hybridized carbons (Fsp3) is 0.0833. The Morgan fingerprint density at radius 2 is 2.16 bits per heavy atom. The van der Waals surface area contributed by atoms with Crippen molar-refractivity contribution in [2.75, 3.05) is 12.8 Å². The first-order chi connectivity index (χ1) is 9.13. The molecule has 2 rings (SSSR count). The fourth-order valence-electron chi connectivity index (χ4n) is 1.36. The van der Waals surface area contributed by atoms with Gasteiger partial charge >= 0.3 is 0 Å². The minimum Gasteiger partial charge on any atom is -0.493 e. The van der Waals surface area contributed by atoms with Crippen molar-refractivity contribution >= 4 is 5.95 Å². The highest BCUT2D eigenvalue weighted by molar-refractivity contribution is 5.48. The average Bonchev–Trinajstić information content (AvgIpc) is 2.43. The zero-order chi connectivity index (χ0) is 13.8. The first-order valence-corrected chi connectivity index (χ1v) is 5.18. The van der Waals surface area contributed by atoms with Crippen LogP contribution in [0.25, 0.3) is 0 Å². The van der Waals surface area contributed by atoms with Crippen LogP contribution in [0.2, 0.25) is 0 Å². The normalized spacial score (nSPS) is 9.74. The van der Waals surface area contributed by atoms with Crippen molar-refractivity contribution in [2.45, 2.75) is 0 Å². The maximum Gasteiger partial charge on any atom is 0.261 e. The molecule has 2 N–H and O–H groups in total. The van der Waals surface area contributed by atoms with Crippen LogP contribution >= 0.6 is 0 Å². The molecule has 2 aromatic rings. The summed E-state index contributed by atoms with van der Waals surface area (Å²) >= 11 is 0. The largest absolute Gasteiger partial charge is 0.493 e. The van der Waals surface area contributed by atoms with Crippen molar-refractivity contribution < 1.29 is 13.9 Å². The number of aromatic nitrogens is 2. The van der Waals surface area contributed by atoms with E-state index in [1.165, 1.54) is 25.3 Å². The average molecular weight is 260 g/mol. The van der Waals surface area contributed by atoms with E-state index in [0.717, 1.165) is 6.20 Å². The number of hydrogen-bond acceptors (Lipinski definition) is 6. The number of nitrogens with zero attached hydrogens (tertiary/aromatic N) is 3. The highest BCUT2D eigenvalue weighted by Gasteiger charge is 2.12. The number of nitrogens with two attached hydrogens (primary N) is 1. The number of anilines is 1. The zero-order valence-electron chi connectivity index (χ0n) is 9.92. The Hall–Kier alpha value is -2.88. The third-order valence-corrected chi connectivity index (χ3v) is 2.23. The molecule has 0 radical (unpaired) electrons. The number of benzene rings is 1. The Morgan fingerprint density at radius 3 is 2.84 bits per heavy atom. The lowest BCUT2D eigenvalue weighted by molar-refractivity contribution is 0.363. The van der Waals surface area contributed by atoms with Gasteiger partial charge in [-0.2, -0.15) is 14.6 Å². The smallest absolute Gasteiger partial charge is 0.261 e. The van der Waals surface area contributed by atoms with E-state index in [4.69, 9.17) is 20.5 Å². The summed E-state index contributed by atoms with van der Waals surface area (Å²) in [6.45, 7) is 0. The van der Waals surface area contributed by atoms with Gasteiger partial charge in [-0.05, 0) is 12.1 Å². The van der Waals surface area contributed by atoms with Crippen LogP contribution in [0.1, 0.15) is 5.56 Å². The van der Waals surface area contributed by atoms with E-state index in [-0.39, 0.29) is 23.3 Å². The molecule has 0 atom stereocenters. The minimum atomic E-state index is -0.749. The number of nitriles is 1. The lowest BCUT2D eigenvalue weighted by Crippen LogP contribution is -2.00. The summed E-state index contributed by atoms with van der Waals surface area (Å²) in [4.78, 5) is 7.12. The van der Waals surface area contributed by atoms with E-state index in [0.29, 0.717) is 5.56 Å². The van der Waals surface area contributed by atoms with Crippen LogP contribution in [-0.2, 0) is 0 Å². The van der Waals surface area contributed by atoms with Crippen molar-refractivity contribution in [3.63, 3.8) is 0 Å². The number of hydrogen-bond donors (Lipinski definition) is 1. The third kappa shape index (κ3) is 2.69. The van der Waals surface area contributed by atoms with Gasteiger partial charge in [0, 0.05) is 6.07 Å². The first kappa shape index (κ1) is 12.6. The van der Waals surface area contributed by atoms with Gasteiger partial charge in [-0.3, -0.25) is 0 Å². The molecule has 0 saturated carbocycles. The van der Waals surface area contributed by atoms with Crippen molar-refractivity contribution in [1.82, 2.24) is 9.97 Å². The molecule has 96 valence electrons. The summed E-state index contributed by atoms with van der Waals surface area (Å²) in [5, 5.41) is 8.78. The SMILES string of the molecule is COc1cc(C#N)ccc1Oc1nc(N)ncc1F. The molecule has 0 bridgehead atoms. The van der Waals surface area contributed by atoms with E-state index in [2.05, 4.69) is 9.97 Å². The van der Waals surface area contributed by atoms with Gasteiger partial charge in [-0.25, -0.2) is 4.98 Å². The third-order valence-electron chi connectivity index (χ3n) is 2.23. The van der Waals surface area contributed by atoms with E-state index < -0.39 is 5.82 Å².